The van der Waals surface area contributed by atoms with Crippen LogP contribution in [-0.4, -0.2) is 39.2 Å². The van der Waals surface area contributed by atoms with Crippen molar-refractivity contribution in [3.8, 4) is 0 Å². The lowest BCUT2D eigenvalue weighted by Crippen LogP contribution is -2.34. The van der Waals surface area contributed by atoms with E-state index in [1.807, 2.05) is 18.2 Å². The molecule has 3 nitrogen and oxygen atoms in total. The van der Waals surface area contributed by atoms with Gasteiger partial charge in [-0.15, -0.1) is 0 Å². The van der Waals surface area contributed by atoms with E-state index in [9.17, 15) is 8.42 Å². The molecule has 1 atom stereocenters. The first-order valence-electron chi connectivity index (χ1n) is 10.2. The summed E-state index contributed by atoms with van der Waals surface area (Å²) in [5.74, 6) is 0.925. The van der Waals surface area contributed by atoms with Crippen molar-refractivity contribution >= 4 is 9.84 Å². The molecule has 1 aliphatic rings. The van der Waals surface area contributed by atoms with Crippen LogP contribution < -0.4 is 0 Å². The minimum atomic E-state index is -3.20. The van der Waals surface area contributed by atoms with Crippen molar-refractivity contribution in [3.05, 3.63) is 77.9 Å². The first-order valence-corrected chi connectivity index (χ1v) is 12.1. The van der Waals surface area contributed by atoms with E-state index in [1.54, 1.807) is 6.07 Å². The van der Waals surface area contributed by atoms with Crippen LogP contribution in [0.15, 0.2) is 71.6 Å². The summed E-state index contributed by atoms with van der Waals surface area (Å²) in [6, 6.07) is 17.9. The predicted molar refractivity (Wildman–Crippen MR) is 116 cm³/mol. The number of nitrogens with zero attached hydrogens (tertiary/aromatic N) is 1. The van der Waals surface area contributed by atoms with Gasteiger partial charge >= 0.3 is 0 Å². The smallest absolute Gasteiger partial charge is 0.175 e. The van der Waals surface area contributed by atoms with E-state index >= 15 is 0 Å². The molecule has 1 unspecified atom stereocenters. The third-order valence-corrected chi connectivity index (χ3v) is 6.83. The number of hydrogen-bond donors (Lipinski definition) is 0. The molecular weight excluding hydrogens is 366 g/mol. The highest BCUT2D eigenvalue weighted by molar-refractivity contribution is 7.90. The molecule has 0 spiro atoms. The van der Waals surface area contributed by atoms with Gasteiger partial charge in [-0.2, -0.15) is 0 Å². The summed E-state index contributed by atoms with van der Waals surface area (Å²) in [7, 11) is -3.20. The molecule has 0 amide bonds. The zero-order valence-corrected chi connectivity index (χ0v) is 17.7. The summed E-state index contributed by atoms with van der Waals surface area (Å²) in [5, 5.41) is 0. The van der Waals surface area contributed by atoms with Gasteiger partial charge < -0.3 is 4.90 Å². The van der Waals surface area contributed by atoms with E-state index in [-0.39, 0.29) is 5.92 Å². The van der Waals surface area contributed by atoms with Gasteiger partial charge in [0, 0.05) is 12.2 Å². The molecule has 1 saturated heterocycles. The van der Waals surface area contributed by atoms with Crippen LogP contribution in [-0.2, 0) is 9.84 Å². The molecular formula is C24H31NO2S. The summed E-state index contributed by atoms with van der Waals surface area (Å²) < 4.78 is 24.0. The molecule has 28 heavy (non-hydrogen) atoms. The van der Waals surface area contributed by atoms with Gasteiger partial charge in [-0.25, -0.2) is 8.42 Å². The monoisotopic (exact) mass is 397 g/mol. The lowest BCUT2D eigenvalue weighted by Gasteiger charge is -2.32. The topological polar surface area (TPSA) is 37.4 Å². The Labute approximate surface area is 170 Å². The van der Waals surface area contributed by atoms with Crippen LogP contribution in [0.25, 0.3) is 0 Å². The maximum Gasteiger partial charge on any atom is 0.175 e. The van der Waals surface area contributed by atoms with Crippen molar-refractivity contribution in [2.45, 2.75) is 37.0 Å². The molecule has 4 heteroatoms. The Morgan fingerprint density at radius 3 is 2.36 bits per heavy atom. The van der Waals surface area contributed by atoms with Gasteiger partial charge in [-0.05, 0) is 75.0 Å². The maximum atomic E-state index is 12.0. The highest BCUT2D eigenvalue weighted by atomic mass is 32.2. The largest absolute Gasteiger partial charge is 0.303 e. The normalized spacial score (nSPS) is 17.8. The number of rotatable bonds is 7. The van der Waals surface area contributed by atoms with E-state index < -0.39 is 9.84 Å². The minimum absolute atomic E-state index is 0.205. The molecule has 0 bridgehead atoms. The second-order valence-electron chi connectivity index (χ2n) is 7.80. The molecule has 2 aromatic carbocycles. The Morgan fingerprint density at radius 1 is 1.04 bits per heavy atom. The molecule has 2 aromatic rings. The molecule has 1 fully saturated rings. The van der Waals surface area contributed by atoms with Crippen LogP contribution in [0.2, 0.25) is 0 Å². The van der Waals surface area contributed by atoms with Crippen LogP contribution in [0, 0.1) is 5.92 Å². The van der Waals surface area contributed by atoms with Crippen LogP contribution >= 0.6 is 0 Å². The summed E-state index contributed by atoms with van der Waals surface area (Å²) in [5.41, 5.74) is 2.33. The fourth-order valence-corrected chi connectivity index (χ4v) is 4.80. The molecule has 0 N–H and O–H groups in total. The standard InChI is InChI=1S/C24H31NO2S/c1-3-8-20-13-16-25(17-14-20)18-15-24(21-9-5-4-6-10-21)22-11-7-12-23(19-22)28(2,26)27/h3-12,19-20,24H,13-18H2,1-2H3/b8-3+. The quantitative estimate of drug-likeness (QED) is 0.624. The molecule has 0 aliphatic carbocycles. The summed E-state index contributed by atoms with van der Waals surface area (Å²) >= 11 is 0. The Kier molecular flexibility index (Phi) is 7.08. The second-order valence-corrected chi connectivity index (χ2v) is 9.82. The highest BCUT2D eigenvalue weighted by Crippen LogP contribution is 2.30. The van der Waals surface area contributed by atoms with Gasteiger partial charge in [0.15, 0.2) is 9.84 Å². The van der Waals surface area contributed by atoms with Gasteiger partial charge in [0.1, 0.15) is 0 Å². The Balaban J connectivity index is 1.76. The molecule has 150 valence electrons. The number of benzene rings is 2. The van der Waals surface area contributed by atoms with Gasteiger partial charge in [0.05, 0.1) is 4.90 Å². The van der Waals surface area contributed by atoms with Gasteiger partial charge in [0.2, 0.25) is 0 Å². The van der Waals surface area contributed by atoms with Crippen LogP contribution in [0.5, 0.6) is 0 Å². The third kappa shape index (κ3) is 5.55. The molecule has 0 aromatic heterocycles. The number of allylic oxidation sites excluding steroid dienone is 2. The average molecular weight is 398 g/mol. The lowest BCUT2D eigenvalue weighted by molar-refractivity contribution is 0.199. The van der Waals surface area contributed by atoms with E-state index in [0.29, 0.717) is 4.90 Å². The zero-order chi connectivity index (χ0) is 20.0. The summed E-state index contributed by atoms with van der Waals surface area (Å²) in [6.07, 6.45) is 9.22. The zero-order valence-electron chi connectivity index (χ0n) is 16.9. The minimum Gasteiger partial charge on any atom is -0.303 e. The molecule has 3 rings (SSSR count). The van der Waals surface area contributed by atoms with Crippen molar-refractivity contribution in [2.24, 2.45) is 5.92 Å². The highest BCUT2D eigenvalue weighted by Gasteiger charge is 2.21. The number of sulfone groups is 1. The predicted octanol–water partition coefficient (Wildman–Crippen LogP) is 4.90. The van der Waals surface area contributed by atoms with Gasteiger partial charge in [0.25, 0.3) is 0 Å². The third-order valence-electron chi connectivity index (χ3n) is 5.72. The number of likely N-dealkylation sites (tertiary alicyclic amines) is 1. The molecule has 1 aliphatic heterocycles. The van der Waals surface area contributed by atoms with E-state index in [2.05, 4.69) is 54.3 Å². The first kappa shape index (κ1) is 20.8. The van der Waals surface area contributed by atoms with Gasteiger partial charge in [-0.1, -0.05) is 54.6 Å². The fourth-order valence-electron chi connectivity index (χ4n) is 4.13. The second kappa shape index (κ2) is 9.53. The molecule has 1 heterocycles. The van der Waals surface area contributed by atoms with Crippen LogP contribution in [0.4, 0.5) is 0 Å². The van der Waals surface area contributed by atoms with Crippen molar-refractivity contribution in [1.29, 1.82) is 0 Å². The SMILES string of the molecule is C/C=C/C1CCN(CCC(c2ccccc2)c2cccc(S(C)(=O)=O)c2)CC1. The van der Waals surface area contributed by atoms with E-state index in [4.69, 9.17) is 0 Å². The van der Waals surface area contributed by atoms with Crippen molar-refractivity contribution in [2.75, 3.05) is 25.9 Å². The maximum absolute atomic E-state index is 12.0. The Morgan fingerprint density at radius 2 is 1.71 bits per heavy atom. The van der Waals surface area contributed by atoms with Crippen molar-refractivity contribution < 1.29 is 8.42 Å². The Bertz CT molecular complexity index is 882. The summed E-state index contributed by atoms with van der Waals surface area (Å²) in [4.78, 5) is 2.95. The number of hydrogen-bond acceptors (Lipinski definition) is 3. The average Bonchev–Trinajstić information content (AvgIpc) is 2.70. The van der Waals surface area contributed by atoms with Crippen LogP contribution in [0.3, 0.4) is 0 Å². The summed E-state index contributed by atoms with van der Waals surface area (Å²) in [6.45, 7) is 5.41. The molecule has 0 radical (unpaired) electrons. The first-order chi connectivity index (χ1) is 13.5. The Hall–Kier alpha value is -1.91. The van der Waals surface area contributed by atoms with Crippen molar-refractivity contribution in [1.82, 2.24) is 4.90 Å². The van der Waals surface area contributed by atoms with Crippen LogP contribution in [0.1, 0.15) is 43.2 Å². The van der Waals surface area contributed by atoms with E-state index in [1.165, 1.54) is 24.7 Å². The fraction of sp³-hybridized carbons (Fsp3) is 0.417. The van der Waals surface area contributed by atoms with E-state index in [0.717, 1.165) is 37.5 Å². The lowest BCUT2D eigenvalue weighted by atomic mass is 9.88. The number of piperidine rings is 1. The van der Waals surface area contributed by atoms with Gasteiger partial charge in [-0.3, -0.25) is 0 Å². The molecule has 0 saturated carbocycles. The van der Waals surface area contributed by atoms with Crippen molar-refractivity contribution in [3.63, 3.8) is 0 Å².